The second-order valence-electron chi connectivity index (χ2n) is 4.48. The molecule has 1 aromatic heterocycles. The fraction of sp³-hybridized carbons (Fsp3) is 0.600. The lowest BCUT2D eigenvalue weighted by molar-refractivity contribution is 0.0745. The molecule has 0 saturated heterocycles. The van der Waals surface area contributed by atoms with E-state index in [4.69, 9.17) is 11.6 Å². The van der Waals surface area contributed by atoms with Crippen LogP contribution in [0.1, 0.15) is 20.8 Å². The third kappa shape index (κ3) is 3.64. The van der Waals surface area contributed by atoms with Crippen molar-refractivity contribution in [3.8, 4) is 0 Å². The van der Waals surface area contributed by atoms with Crippen molar-refractivity contribution in [2.75, 3.05) is 11.9 Å². The van der Waals surface area contributed by atoms with Gasteiger partial charge in [0.1, 0.15) is 17.2 Å². The molecule has 1 atom stereocenters. The quantitative estimate of drug-likeness (QED) is 0.832. The molecule has 1 rings (SSSR count). The summed E-state index contributed by atoms with van der Waals surface area (Å²) in [7, 11) is 0. The standard InChI is InChI=1S/C10H16ClN3O/c1-10(2,3)8(15)5-13-9-7(11)4-12-6-14-9/h4,6,8,15H,5H2,1-3H3,(H,12,13,14). The molecule has 0 amide bonds. The van der Waals surface area contributed by atoms with Crippen molar-refractivity contribution in [3.63, 3.8) is 0 Å². The Morgan fingerprint density at radius 3 is 2.73 bits per heavy atom. The van der Waals surface area contributed by atoms with Crippen LogP contribution in [-0.2, 0) is 0 Å². The zero-order chi connectivity index (χ0) is 11.5. The summed E-state index contributed by atoms with van der Waals surface area (Å²) in [5.41, 5.74) is -0.160. The van der Waals surface area contributed by atoms with Crippen LogP contribution in [0.5, 0.6) is 0 Å². The molecule has 1 aromatic rings. The average Bonchev–Trinajstić information content (AvgIpc) is 2.14. The van der Waals surface area contributed by atoms with Gasteiger partial charge in [-0.2, -0.15) is 0 Å². The maximum absolute atomic E-state index is 9.79. The van der Waals surface area contributed by atoms with E-state index in [1.807, 2.05) is 20.8 Å². The first-order valence-corrected chi connectivity index (χ1v) is 5.16. The largest absolute Gasteiger partial charge is 0.391 e. The smallest absolute Gasteiger partial charge is 0.148 e. The minimum absolute atomic E-state index is 0.160. The molecule has 1 heterocycles. The van der Waals surface area contributed by atoms with E-state index in [1.54, 1.807) is 0 Å². The Hall–Kier alpha value is -0.870. The molecule has 0 fully saturated rings. The molecular weight excluding hydrogens is 214 g/mol. The molecule has 15 heavy (non-hydrogen) atoms. The number of anilines is 1. The molecule has 0 aliphatic carbocycles. The molecule has 0 aromatic carbocycles. The topological polar surface area (TPSA) is 58.0 Å². The molecule has 0 saturated carbocycles. The van der Waals surface area contributed by atoms with Crippen molar-refractivity contribution in [1.29, 1.82) is 0 Å². The van der Waals surface area contributed by atoms with Gasteiger partial charge < -0.3 is 10.4 Å². The molecule has 0 spiro atoms. The molecule has 5 heteroatoms. The molecule has 0 radical (unpaired) electrons. The summed E-state index contributed by atoms with van der Waals surface area (Å²) in [6.45, 7) is 6.34. The molecule has 0 bridgehead atoms. The number of aliphatic hydroxyl groups excluding tert-OH is 1. The Morgan fingerprint density at radius 1 is 1.53 bits per heavy atom. The predicted molar refractivity (Wildman–Crippen MR) is 61.0 cm³/mol. The summed E-state index contributed by atoms with van der Waals surface area (Å²) in [4.78, 5) is 7.74. The predicted octanol–water partition coefficient (Wildman–Crippen LogP) is 1.95. The summed E-state index contributed by atoms with van der Waals surface area (Å²) >= 11 is 5.85. The van der Waals surface area contributed by atoms with Crippen LogP contribution < -0.4 is 5.32 Å². The van der Waals surface area contributed by atoms with Gasteiger partial charge in [0.2, 0.25) is 0 Å². The lowest BCUT2D eigenvalue weighted by atomic mass is 9.89. The molecule has 0 aliphatic rings. The molecule has 4 nitrogen and oxygen atoms in total. The van der Waals surface area contributed by atoms with E-state index in [-0.39, 0.29) is 5.41 Å². The SMILES string of the molecule is CC(C)(C)C(O)CNc1ncncc1Cl. The van der Waals surface area contributed by atoms with E-state index in [9.17, 15) is 5.11 Å². The van der Waals surface area contributed by atoms with Crippen LogP contribution in [-0.4, -0.2) is 27.7 Å². The first-order valence-electron chi connectivity index (χ1n) is 4.78. The van der Waals surface area contributed by atoms with Gasteiger partial charge in [0.15, 0.2) is 0 Å². The van der Waals surface area contributed by atoms with Gasteiger partial charge in [0, 0.05) is 6.54 Å². The number of nitrogens with one attached hydrogen (secondary N) is 1. The zero-order valence-corrected chi connectivity index (χ0v) is 9.91. The highest BCUT2D eigenvalue weighted by atomic mass is 35.5. The van der Waals surface area contributed by atoms with Crippen LogP contribution in [0.3, 0.4) is 0 Å². The molecule has 2 N–H and O–H groups in total. The first kappa shape index (κ1) is 12.2. The Labute approximate surface area is 94.7 Å². The van der Waals surface area contributed by atoms with Gasteiger partial charge in [-0.3, -0.25) is 0 Å². The van der Waals surface area contributed by atoms with Crippen LogP contribution in [0.2, 0.25) is 5.02 Å². The number of rotatable bonds is 3. The normalized spacial score (nSPS) is 13.7. The maximum Gasteiger partial charge on any atom is 0.148 e. The fourth-order valence-electron chi connectivity index (χ4n) is 0.942. The van der Waals surface area contributed by atoms with Crippen LogP contribution in [0.25, 0.3) is 0 Å². The van der Waals surface area contributed by atoms with Gasteiger partial charge in [0.05, 0.1) is 12.3 Å². The molecular formula is C10H16ClN3O. The summed E-state index contributed by atoms with van der Waals surface area (Å²) < 4.78 is 0. The van der Waals surface area contributed by atoms with Gasteiger partial charge in [-0.25, -0.2) is 9.97 Å². The number of nitrogens with zero attached hydrogens (tertiary/aromatic N) is 2. The summed E-state index contributed by atoms with van der Waals surface area (Å²) in [5.74, 6) is 0.551. The molecule has 84 valence electrons. The van der Waals surface area contributed by atoms with Crippen LogP contribution >= 0.6 is 11.6 Å². The van der Waals surface area contributed by atoms with Crippen molar-refractivity contribution in [2.24, 2.45) is 5.41 Å². The minimum atomic E-state index is -0.455. The highest BCUT2D eigenvalue weighted by molar-refractivity contribution is 6.32. The van der Waals surface area contributed by atoms with Crippen molar-refractivity contribution in [2.45, 2.75) is 26.9 Å². The second-order valence-corrected chi connectivity index (χ2v) is 4.89. The Morgan fingerprint density at radius 2 is 2.20 bits per heavy atom. The van der Waals surface area contributed by atoms with Gasteiger partial charge in [0.25, 0.3) is 0 Å². The average molecular weight is 230 g/mol. The van der Waals surface area contributed by atoms with Crippen LogP contribution in [0.4, 0.5) is 5.82 Å². The first-order chi connectivity index (χ1) is 6.91. The van der Waals surface area contributed by atoms with Gasteiger partial charge >= 0.3 is 0 Å². The Kier molecular flexibility index (Phi) is 3.88. The number of aromatic nitrogens is 2. The lowest BCUT2D eigenvalue weighted by Crippen LogP contribution is -2.33. The lowest BCUT2D eigenvalue weighted by Gasteiger charge is -2.26. The second kappa shape index (κ2) is 4.77. The van der Waals surface area contributed by atoms with Crippen molar-refractivity contribution >= 4 is 17.4 Å². The van der Waals surface area contributed by atoms with Gasteiger partial charge in [-0.1, -0.05) is 32.4 Å². The maximum atomic E-state index is 9.79. The molecule has 1 unspecified atom stereocenters. The van der Waals surface area contributed by atoms with E-state index in [1.165, 1.54) is 12.5 Å². The highest BCUT2D eigenvalue weighted by Gasteiger charge is 2.21. The number of hydrogen-bond donors (Lipinski definition) is 2. The Bertz CT molecular complexity index is 325. The van der Waals surface area contributed by atoms with Crippen molar-refractivity contribution in [3.05, 3.63) is 17.5 Å². The summed E-state index contributed by atoms with van der Waals surface area (Å²) in [6.07, 6.45) is 2.47. The molecule has 0 aliphatic heterocycles. The third-order valence-corrected chi connectivity index (χ3v) is 2.41. The fourth-order valence-corrected chi connectivity index (χ4v) is 1.11. The van der Waals surface area contributed by atoms with E-state index >= 15 is 0 Å². The zero-order valence-electron chi connectivity index (χ0n) is 9.16. The van der Waals surface area contributed by atoms with E-state index in [2.05, 4.69) is 15.3 Å². The van der Waals surface area contributed by atoms with E-state index < -0.39 is 6.10 Å². The van der Waals surface area contributed by atoms with Crippen molar-refractivity contribution < 1.29 is 5.11 Å². The summed E-state index contributed by atoms with van der Waals surface area (Å²) in [6, 6.07) is 0. The van der Waals surface area contributed by atoms with Gasteiger partial charge in [-0.15, -0.1) is 0 Å². The summed E-state index contributed by atoms with van der Waals surface area (Å²) in [5, 5.41) is 13.2. The van der Waals surface area contributed by atoms with Crippen molar-refractivity contribution in [1.82, 2.24) is 9.97 Å². The van der Waals surface area contributed by atoms with Crippen LogP contribution in [0.15, 0.2) is 12.5 Å². The highest BCUT2D eigenvalue weighted by Crippen LogP contribution is 2.21. The number of hydrogen-bond acceptors (Lipinski definition) is 4. The number of aliphatic hydroxyl groups is 1. The Balaban J connectivity index is 2.55. The monoisotopic (exact) mass is 229 g/mol. The number of halogens is 1. The van der Waals surface area contributed by atoms with Crippen LogP contribution in [0, 0.1) is 5.41 Å². The third-order valence-electron chi connectivity index (χ3n) is 2.13. The van der Waals surface area contributed by atoms with Gasteiger partial charge in [-0.05, 0) is 5.41 Å². The van der Waals surface area contributed by atoms with E-state index in [0.29, 0.717) is 17.4 Å². The minimum Gasteiger partial charge on any atom is -0.391 e. The van der Waals surface area contributed by atoms with E-state index in [0.717, 1.165) is 0 Å².